The van der Waals surface area contributed by atoms with Crippen LogP contribution < -0.4 is 0 Å². The summed E-state index contributed by atoms with van der Waals surface area (Å²) in [5.74, 6) is 0.825. The van der Waals surface area contributed by atoms with Gasteiger partial charge < -0.3 is 4.57 Å². The molecule has 57 heavy (non-hydrogen) atoms. The monoisotopic (exact) mass is 799 g/mol. The standard InChI is InChI=1S/C40H21F12N5/c1-19-54-20(2)56-36(55-19)29-12-7-26(13-23(29)18-53)57-34-14-21(27-10-5-24(37(41,42)43)16-32(27)39(47,48)49)3-8-30(34)31-9-4-22(15-35(31)57)28-11-6-25(38(44,45)46)17-33(28)40(50,51)52/h3-17H,1-2H3. The minimum atomic E-state index is -5.23. The normalized spacial score (nSPS) is 12.7. The maximum absolute atomic E-state index is 14.3. The lowest BCUT2D eigenvalue weighted by molar-refractivity contribution is -0.144. The molecule has 0 spiro atoms. The van der Waals surface area contributed by atoms with Crippen molar-refractivity contribution < 1.29 is 52.7 Å². The average molecular weight is 800 g/mol. The zero-order valence-electron chi connectivity index (χ0n) is 28.9. The third-order valence-electron chi connectivity index (χ3n) is 9.18. The molecule has 0 unspecified atom stereocenters. The molecule has 2 heterocycles. The van der Waals surface area contributed by atoms with E-state index in [0.29, 0.717) is 46.7 Å². The number of fused-ring (bicyclic) bond motifs is 3. The summed E-state index contributed by atoms with van der Waals surface area (Å²) in [5.41, 5.74) is -7.12. The number of benzene rings is 5. The van der Waals surface area contributed by atoms with Crippen LogP contribution in [-0.2, 0) is 24.7 Å². The number of rotatable bonds is 4. The fraction of sp³-hybridized carbons (Fsp3) is 0.150. The first kappa shape index (κ1) is 38.8. The van der Waals surface area contributed by atoms with Gasteiger partial charge in [0.05, 0.1) is 44.9 Å². The Hall–Kier alpha value is -6.44. The zero-order valence-corrected chi connectivity index (χ0v) is 28.9. The van der Waals surface area contributed by atoms with Gasteiger partial charge in [-0.2, -0.15) is 57.9 Å². The zero-order chi connectivity index (χ0) is 41.4. The molecule has 5 nitrogen and oxygen atoms in total. The Balaban J connectivity index is 1.53. The van der Waals surface area contributed by atoms with Crippen LogP contribution in [0.25, 0.3) is 61.1 Å². The van der Waals surface area contributed by atoms with E-state index in [9.17, 15) is 57.9 Å². The minimum absolute atomic E-state index is 0.00371. The second kappa shape index (κ2) is 13.4. The number of aromatic nitrogens is 4. The Labute approximate surface area is 313 Å². The molecular formula is C40H21F12N5. The number of halogens is 12. The Morgan fingerprint density at radius 3 is 1.33 bits per heavy atom. The van der Waals surface area contributed by atoms with Gasteiger partial charge in [0.25, 0.3) is 0 Å². The van der Waals surface area contributed by atoms with E-state index in [4.69, 9.17) is 0 Å². The van der Waals surface area contributed by atoms with Crippen LogP contribution in [0.1, 0.15) is 39.5 Å². The van der Waals surface area contributed by atoms with Gasteiger partial charge >= 0.3 is 24.7 Å². The van der Waals surface area contributed by atoms with Crippen LogP contribution in [-0.4, -0.2) is 19.5 Å². The quantitative estimate of drug-likeness (QED) is 0.166. The molecule has 0 aliphatic rings. The lowest BCUT2D eigenvalue weighted by atomic mass is 9.95. The molecule has 0 saturated carbocycles. The molecule has 290 valence electrons. The molecule has 0 bridgehead atoms. The number of hydrogen-bond donors (Lipinski definition) is 0. The summed E-state index contributed by atoms with van der Waals surface area (Å²) in [7, 11) is 0. The largest absolute Gasteiger partial charge is 0.417 e. The number of nitrogens with zero attached hydrogens (tertiary/aromatic N) is 5. The summed E-state index contributed by atoms with van der Waals surface area (Å²) in [6, 6.07) is 16.5. The van der Waals surface area contributed by atoms with E-state index in [1.165, 1.54) is 59.2 Å². The van der Waals surface area contributed by atoms with E-state index in [0.717, 1.165) is 0 Å². The van der Waals surface area contributed by atoms with Crippen molar-refractivity contribution in [1.29, 1.82) is 5.26 Å². The van der Waals surface area contributed by atoms with E-state index in [1.807, 2.05) is 6.07 Å². The highest BCUT2D eigenvalue weighted by molar-refractivity contribution is 6.11. The van der Waals surface area contributed by atoms with Gasteiger partial charge in [0.1, 0.15) is 11.6 Å². The van der Waals surface area contributed by atoms with E-state index in [2.05, 4.69) is 15.0 Å². The van der Waals surface area contributed by atoms with Gasteiger partial charge in [0, 0.05) is 22.0 Å². The fourth-order valence-electron chi connectivity index (χ4n) is 6.74. The number of aryl methyl sites for hydroxylation is 2. The van der Waals surface area contributed by atoms with E-state index >= 15 is 0 Å². The highest BCUT2D eigenvalue weighted by Gasteiger charge is 2.40. The second-order valence-electron chi connectivity index (χ2n) is 12.9. The predicted octanol–water partition coefficient (Wildman–Crippen LogP) is 12.5. The van der Waals surface area contributed by atoms with Crippen LogP contribution in [0.2, 0.25) is 0 Å². The van der Waals surface area contributed by atoms with E-state index in [1.54, 1.807) is 13.8 Å². The SMILES string of the molecule is Cc1nc(C)nc(-c2ccc(-n3c4cc(-c5ccc(C(F)(F)F)cc5C(F)(F)F)ccc4c4ccc(-c5ccc(C(F)(F)F)cc5C(F)(F)F)cc43)cc2C#N)n1. The molecule has 0 saturated heterocycles. The first-order valence-corrected chi connectivity index (χ1v) is 16.4. The van der Waals surface area contributed by atoms with Gasteiger partial charge in [-0.25, -0.2) is 15.0 Å². The molecule has 0 atom stereocenters. The van der Waals surface area contributed by atoms with Crippen molar-refractivity contribution in [3.63, 3.8) is 0 Å². The van der Waals surface area contributed by atoms with E-state index < -0.39 is 58.1 Å². The first-order chi connectivity index (χ1) is 26.5. The van der Waals surface area contributed by atoms with Crippen LogP contribution in [0.15, 0.2) is 91.0 Å². The van der Waals surface area contributed by atoms with Crippen LogP contribution in [0.4, 0.5) is 52.7 Å². The molecule has 2 aromatic heterocycles. The molecule has 0 aliphatic heterocycles. The lowest BCUT2D eigenvalue weighted by Crippen LogP contribution is -2.12. The fourth-order valence-corrected chi connectivity index (χ4v) is 6.74. The van der Waals surface area contributed by atoms with Gasteiger partial charge in [-0.1, -0.05) is 36.4 Å². The van der Waals surface area contributed by atoms with Crippen LogP contribution in [0.3, 0.4) is 0 Å². The summed E-state index contributed by atoms with van der Waals surface area (Å²) >= 11 is 0. The molecule has 0 aliphatic carbocycles. The van der Waals surface area contributed by atoms with Gasteiger partial charge in [-0.05, 0) is 90.7 Å². The maximum Gasteiger partial charge on any atom is 0.417 e. The predicted molar refractivity (Wildman–Crippen MR) is 185 cm³/mol. The maximum atomic E-state index is 14.3. The van der Waals surface area contributed by atoms with E-state index in [-0.39, 0.29) is 56.9 Å². The van der Waals surface area contributed by atoms with Gasteiger partial charge in [-0.15, -0.1) is 0 Å². The molecule has 7 rings (SSSR count). The lowest BCUT2D eigenvalue weighted by Gasteiger charge is -2.17. The van der Waals surface area contributed by atoms with Crippen molar-refractivity contribution in [3.05, 3.63) is 130 Å². The Bertz CT molecular complexity index is 2630. The summed E-state index contributed by atoms with van der Waals surface area (Å²) in [5, 5.41) is 10.9. The third-order valence-corrected chi connectivity index (χ3v) is 9.18. The molecule has 0 fully saturated rings. The summed E-state index contributed by atoms with van der Waals surface area (Å²) in [6.45, 7) is 3.21. The molecule has 0 amide bonds. The first-order valence-electron chi connectivity index (χ1n) is 16.4. The van der Waals surface area contributed by atoms with Crippen molar-refractivity contribution in [2.24, 2.45) is 0 Å². The average Bonchev–Trinajstić information content (AvgIpc) is 3.45. The van der Waals surface area contributed by atoms with Gasteiger partial charge in [-0.3, -0.25) is 0 Å². The molecule has 0 radical (unpaired) electrons. The van der Waals surface area contributed by atoms with Gasteiger partial charge in [0.15, 0.2) is 5.82 Å². The molecule has 17 heteroatoms. The summed E-state index contributed by atoms with van der Waals surface area (Å²) in [4.78, 5) is 12.7. The molecule has 7 aromatic rings. The number of alkyl halides is 12. The molecule has 5 aromatic carbocycles. The van der Waals surface area contributed by atoms with Crippen molar-refractivity contribution >= 4 is 21.8 Å². The van der Waals surface area contributed by atoms with Crippen LogP contribution in [0.5, 0.6) is 0 Å². The third kappa shape index (κ3) is 7.23. The smallest absolute Gasteiger partial charge is 0.309 e. The summed E-state index contributed by atoms with van der Waals surface area (Å²) < 4.78 is 168. The number of nitriles is 1. The highest BCUT2D eigenvalue weighted by Crippen LogP contribution is 2.45. The van der Waals surface area contributed by atoms with Crippen molar-refractivity contribution in [2.75, 3.05) is 0 Å². The summed E-state index contributed by atoms with van der Waals surface area (Å²) in [6.07, 6.45) is -20.6. The highest BCUT2D eigenvalue weighted by atomic mass is 19.4. The van der Waals surface area contributed by atoms with Crippen molar-refractivity contribution in [2.45, 2.75) is 38.6 Å². The Kier molecular flexibility index (Phi) is 9.09. The Morgan fingerprint density at radius 2 is 0.930 bits per heavy atom. The van der Waals surface area contributed by atoms with Crippen molar-refractivity contribution in [3.8, 4) is 45.4 Å². The molecular weight excluding hydrogens is 778 g/mol. The van der Waals surface area contributed by atoms with Crippen molar-refractivity contribution in [1.82, 2.24) is 19.5 Å². The minimum Gasteiger partial charge on any atom is -0.309 e. The molecule has 0 N–H and O–H groups in total. The second-order valence-corrected chi connectivity index (χ2v) is 12.9. The van der Waals surface area contributed by atoms with Crippen LogP contribution >= 0.6 is 0 Å². The number of hydrogen-bond acceptors (Lipinski definition) is 4. The van der Waals surface area contributed by atoms with Crippen LogP contribution in [0, 0.1) is 25.2 Å². The van der Waals surface area contributed by atoms with Gasteiger partial charge in [0.2, 0.25) is 0 Å². The Morgan fingerprint density at radius 1 is 0.491 bits per heavy atom. The topological polar surface area (TPSA) is 67.4 Å².